The standard InChI is InChI=1S/C28H29N3O5/c1-36-25-22-23(30-24(25)26(33)29-17-28(35)14-8-3-9-15-28)19-12-6-7-13-20(19)31(27(22)34)16-21(32)18-10-4-2-5-11-18/h2,4-7,10-13,30,35H,3,8-9,14-17H2,1H3,(H,29,33). The van der Waals surface area contributed by atoms with E-state index in [1.807, 2.05) is 18.2 Å². The first-order chi connectivity index (χ1) is 17.4. The normalized spacial score (nSPS) is 15.2. The van der Waals surface area contributed by atoms with Crippen LogP contribution in [-0.4, -0.2) is 45.6 Å². The number of hydrogen-bond acceptors (Lipinski definition) is 5. The van der Waals surface area contributed by atoms with E-state index in [0.29, 0.717) is 34.8 Å². The second-order valence-electron chi connectivity index (χ2n) is 9.45. The molecule has 3 N–H and O–H groups in total. The average Bonchev–Trinajstić information content (AvgIpc) is 3.31. The van der Waals surface area contributed by atoms with Crippen LogP contribution < -0.4 is 15.6 Å². The highest BCUT2D eigenvalue weighted by molar-refractivity contribution is 6.11. The molecule has 2 aromatic heterocycles. The molecule has 0 aliphatic heterocycles. The highest BCUT2D eigenvalue weighted by Crippen LogP contribution is 2.33. The maximum atomic E-state index is 13.7. The third-order valence-corrected chi connectivity index (χ3v) is 7.07. The fraction of sp³-hybridized carbons (Fsp3) is 0.321. The summed E-state index contributed by atoms with van der Waals surface area (Å²) in [5, 5.41) is 14.5. The quantitative estimate of drug-likeness (QED) is 0.343. The van der Waals surface area contributed by atoms with Gasteiger partial charge in [-0.1, -0.05) is 67.8 Å². The molecule has 0 bridgehead atoms. The molecule has 5 rings (SSSR count). The Morgan fingerprint density at radius 2 is 1.75 bits per heavy atom. The first kappa shape index (κ1) is 23.8. The summed E-state index contributed by atoms with van der Waals surface area (Å²) in [6.45, 7) is -0.0247. The number of amides is 1. The number of para-hydroxylation sites is 1. The van der Waals surface area contributed by atoms with Crippen molar-refractivity contribution in [3.05, 3.63) is 76.2 Å². The summed E-state index contributed by atoms with van der Waals surface area (Å²) in [5.41, 5.74) is 0.316. The lowest BCUT2D eigenvalue weighted by Gasteiger charge is -2.32. The number of benzene rings is 2. The van der Waals surface area contributed by atoms with Gasteiger partial charge in [0.15, 0.2) is 11.5 Å². The van der Waals surface area contributed by atoms with Crippen molar-refractivity contribution in [3.63, 3.8) is 0 Å². The van der Waals surface area contributed by atoms with E-state index in [9.17, 15) is 19.5 Å². The summed E-state index contributed by atoms with van der Waals surface area (Å²) in [6.07, 6.45) is 4.21. The second-order valence-corrected chi connectivity index (χ2v) is 9.45. The Bertz CT molecular complexity index is 1500. The Morgan fingerprint density at radius 3 is 2.47 bits per heavy atom. The van der Waals surface area contributed by atoms with Crippen LogP contribution in [0.4, 0.5) is 0 Å². The monoisotopic (exact) mass is 487 g/mol. The van der Waals surface area contributed by atoms with E-state index in [2.05, 4.69) is 10.3 Å². The van der Waals surface area contributed by atoms with Crippen molar-refractivity contribution in [1.29, 1.82) is 0 Å². The number of fused-ring (bicyclic) bond motifs is 3. The van der Waals surface area contributed by atoms with Gasteiger partial charge in [0.2, 0.25) is 0 Å². The van der Waals surface area contributed by atoms with Crippen LogP contribution >= 0.6 is 0 Å². The maximum absolute atomic E-state index is 13.7. The number of nitrogens with zero attached hydrogens (tertiary/aromatic N) is 1. The minimum absolute atomic E-state index is 0.112. The van der Waals surface area contributed by atoms with Crippen LogP contribution in [-0.2, 0) is 6.54 Å². The molecule has 0 unspecified atom stereocenters. The van der Waals surface area contributed by atoms with Gasteiger partial charge in [0.05, 0.1) is 30.3 Å². The van der Waals surface area contributed by atoms with Gasteiger partial charge in [-0.15, -0.1) is 0 Å². The van der Waals surface area contributed by atoms with E-state index in [1.54, 1.807) is 36.4 Å². The van der Waals surface area contributed by atoms with Crippen LogP contribution in [0.1, 0.15) is 53.0 Å². The largest absolute Gasteiger partial charge is 0.493 e. The molecule has 1 amide bonds. The molecule has 0 radical (unpaired) electrons. The summed E-state index contributed by atoms with van der Waals surface area (Å²) in [6, 6.07) is 16.1. The number of hydrogen-bond donors (Lipinski definition) is 3. The molecular formula is C28H29N3O5. The van der Waals surface area contributed by atoms with Crippen molar-refractivity contribution in [2.24, 2.45) is 0 Å². The van der Waals surface area contributed by atoms with Crippen molar-refractivity contribution in [2.45, 2.75) is 44.2 Å². The zero-order chi connectivity index (χ0) is 25.3. The van der Waals surface area contributed by atoms with Crippen LogP contribution in [0.25, 0.3) is 21.8 Å². The number of pyridine rings is 1. The third-order valence-electron chi connectivity index (χ3n) is 7.07. The lowest BCUT2D eigenvalue weighted by atomic mass is 9.85. The van der Waals surface area contributed by atoms with Crippen LogP contribution in [0.3, 0.4) is 0 Å². The number of ketones is 1. The molecule has 1 fully saturated rings. The average molecular weight is 488 g/mol. The molecule has 4 aromatic rings. The first-order valence-corrected chi connectivity index (χ1v) is 12.2. The summed E-state index contributed by atoms with van der Waals surface area (Å²) >= 11 is 0. The summed E-state index contributed by atoms with van der Waals surface area (Å²) in [5.74, 6) is -0.539. The minimum atomic E-state index is -0.926. The maximum Gasteiger partial charge on any atom is 0.271 e. The topological polar surface area (TPSA) is 113 Å². The van der Waals surface area contributed by atoms with Crippen molar-refractivity contribution >= 4 is 33.5 Å². The van der Waals surface area contributed by atoms with Gasteiger partial charge in [-0.2, -0.15) is 0 Å². The number of carbonyl (C=O) groups excluding carboxylic acids is 2. The van der Waals surface area contributed by atoms with Crippen molar-refractivity contribution < 1.29 is 19.4 Å². The van der Waals surface area contributed by atoms with Crippen molar-refractivity contribution in [3.8, 4) is 5.75 Å². The van der Waals surface area contributed by atoms with Crippen LogP contribution in [0, 0.1) is 0 Å². The van der Waals surface area contributed by atoms with Crippen LogP contribution in [0.2, 0.25) is 0 Å². The lowest BCUT2D eigenvalue weighted by Crippen LogP contribution is -2.44. The van der Waals surface area contributed by atoms with E-state index in [0.717, 1.165) is 19.3 Å². The van der Waals surface area contributed by atoms with Gasteiger partial charge in [-0.25, -0.2) is 0 Å². The molecule has 2 heterocycles. The smallest absolute Gasteiger partial charge is 0.271 e. The molecule has 0 atom stereocenters. The Morgan fingerprint density at radius 1 is 1.06 bits per heavy atom. The molecule has 2 aromatic carbocycles. The predicted molar refractivity (Wildman–Crippen MR) is 138 cm³/mol. The van der Waals surface area contributed by atoms with E-state index in [-0.39, 0.29) is 35.7 Å². The molecule has 1 aliphatic carbocycles. The van der Waals surface area contributed by atoms with Crippen molar-refractivity contribution in [2.75, 3.05) is 13.7 Å². The summed E-state index contributed by atoms with van der Waals surface area (Å²) < 4.78 is 6.98. The summed E-state index contributed by atoms with van der Waals surface area (Å²) in [7, 11) is 1.40. The van der Waals surface area contributed by atoms with Gasteiger partial charge in [-0.05, 0) is 18.9 Å². The zero-order valence-corrected chi connectivity index (χ0v) is 20.2. The number of aromatic amines is 1. The zero-order valence-electron chi connectivity index (χ0n) is 20.2. The number of Topliss-reactive ketones (excluding diaryl/α,β-unsaturated/α-hetero) is 1. The number of rotatable bonds is 7. The summed E-state index contributed by atoms with van der Waals surface area (Å²) in [4.78, 5) is 43.0. The number of ether oxygens (including phenoxy) is 1. The minimum Gasteiger partial charge on any atom is -0.493 e. The SMILES string of the molecule is COc1c(C(=O)NCC2(O)CCCCC2)[nH]c2c1c(=O)n(CC(=O)c1ccccc1)c1ccccc21. The Labute approximate surface area is 207 Å². The van der Waals surface area contributed by atoms with Crippen LogP contribution in [0.5, 0.6) is 5.75 Å². The number of nitrogens with one attached hydrogen (secondary N) is 2. The van der Waals surface area contributed by atoms with Gasteiger partial charge in [-0.3, -0.25) is 19.0 Å². The first-order valence-electron chi connectivity index (χ1n) is 12.2. The predicted octanol–water partition coefficient (Wildman–Crippen LogP) is 3.80. The number of methoxy groups -OCH3 is 1. The van der Waals surface area contributed by atoms with Gasteiger partial charge < -0.3 is 20.1 Å². The van der Waals surface area contributed by atoms with E-state index in [1.165, 1.54) is 11.7 Å². The molecule has 8 heteroatoms. The van der Waals surface area contributed by atoms with Gasteiger partial charge in [0.25, 0.3) is 11.5 Å². The Hall–Kier alpha value is -3.91. The molecule has 36 heavy (non-hydrogen) atoms. The highest BCUT2D eigenvalue weighted by atomic mass is 16.5. The van der Waals surface area contributed by atoms with Gasteiger partial charge in [0, 0.05) is 17.5 Å². The molecule has 1 saturated carbocycles. The molecule has 0 spiro atoms. The highest BCUT2D eigenvalue weighted by Gasteiger charge is 2.31. The van der Waals surface area contributed by atoms with Gasteiger partial charge in [0.1, 0.15) is 11.1 Å². The fourth-order valence-electron chi connectivity index (χ4n) is 5.15. The van der Waals surface area contributed by atoms with Crippen molar-refractivity contribution in [1.82, 2.24) is 14.9 Å². The lowest BCUT2D eigenvalue weighted by molar-refractivity contribution is 0.00519. The van der Waals surface area contributed by atoms with E-state index < -0.39 is 17.1 Å². The van der Waals surface area contributed by atoms with E-state index >= 15 is 0 Å². The molecule has 0 saturated heterocycles. The molecule has 1 aliphatic rings. The Kier molecular flexibility index (Phi) is 6.36. The third kappa shape index (κ3) is 4.28. The fourth-order valence-corrected chi connectivity index (χ4v) is 5.15. The number of carbonyl (C=O) groups is 2. The molecule has 186 valence electrons. The van der Waals surface area contributed by atoms with Crippen LogP contribution in [0.15, 0.2) is 59.4 Å². The second kappa shape index (κ2) is 9.62. The number of aliphatic hydroxyl groups is 1. The Balaban J connectivity index is 1.58. The number of H-pyrrole nitrogens is 1. The molecule has 8 nitrogen and oxygen atoms in total. The van der Waals surface area contributed by atoms with E-state index in [4.69, 9.17) is 4.74 Å². The van der Waals surface area contributed by atoms with Gasteiger partial charge >= 0.3 is 0 Å². The molecular weight excluding hydrogens is 458 g/mol. The number of aromatic nitrogens is 2.